The van der Waals surface area contributed by atoms with Gasteiger partial charge in [0.25, 0.3) is 0 Å². The Bertz CT molecular complexity index is 734. The molecule has 0 radical (unpaired) electrons. The van der Waals surface area contributed by atoms with Gasteiger partial charge in [-0.25, -0.2) is 0 Å². The van der Waals surface area contributed by atoms with E-state index in [0.717, 1.165) is 37.1 Å². The average Bonchev–Trinajstić information content (AvgIpc) is 2.95. The first-order valence-electron chi connectivity index (χ1n) is 8.93. The van der Waals surface area contributed by atoms with Crippen LogP contribution in [0.4, 0.5) is 0 Å². The lowest BCUT2D eigenvalue weighted by Crippen LogP contribution is -2.51. The maximum Gasteiger partial charge on any atom is 0.170 e. The van der Waals surface area contributed by atoms with E-state index in [1.54, 1.807) is 0 Å². The van der Waals surface area contributed by atoms with Crippen LogP contribution in [0.15, 0.2) is 60.7 Å². The lowest BCUT2D eigenvalue weighted by Gasteiger charge is -2.42. The van der Waals surface area contributed by atoms with E-state index in [2.05, 4.69) is 4.90 Å². The highest BCUT2D eigenvalue weighted by Gasteiger charge is 2.59. The molecular weight excluding hydrogens is 310 g/mol. The SMILES string of the molecule is CN1CC2(C(=O)c3ccccc3)CCC(C(=O)c3ccccc3)(C1)C2. The molecule has 3 heteroatoms. The zero-order chi connectivity index (χ0) is 17.5. The van der Waals surface area contributed by atoms with E-state index >= 15 is 0 Å². The van der Waals surface area contributed by atoms with E-state index in [9.17, 15) is 9.59 Å². The number of ketones is 2. The van der Waals surface area contributed by atoms with Gasteiger partial charge in [0, 0.05) is 35.0 Å². The summed E-state index contributed by atoms with van der Waals surface area (Å²) in [5.74, 6) is 0.393. The minimum atomic E-state index is -0.432. The Morgan fingerprint density at radius 2 is 1.16 bits per heavy atom. The predicted octanol–water partition coefficient (Wildman–Crippen LogP) is 3.85. The van der Waals surface area contributed by atoms with Crippen LogP contribution in [-0.4, -0.2) is 36.6 Å². The van der Waals surface area contributed by atoms with Crippen LogP contribution in [-0.2, 0) is 0 Å². The quantitative estimate of drug-likeness (QED) is 0.798. The number of carbonyl (C=O) groups excluding carboxylic acids is 2. The standard InChI is InChI=1S/C22H23NO2/c1-23-15-21(19(24)17-8-4-2-5-9-17)12-13-22(14-21,16-23)20(25)18-10-6-3-7-11-18/h2-11H,12-16H2,1H3. The molecule has 4 rings (SSSR count). The Kier molecular flexibility index (Phi) is 3.84. The van der Waals surface area contributed by atoms with E-state index in [1.165, 1.54) is 0 Å². The first kappa shape index (κ1) is 16.2. The molecule has 0 spiro atoms. The summed E-state index contributed by atoms with van der Waals surface area (Å²) in [5.41, 5.74) is 0.666. The molecule has 1 saturated carbocycles. The smallest absolute Gasteiger partial charge is 0.170 e. The largest absolute Gasteiger partial charge is 0.304 e. The molecule has 2 unspecified atom stereocenters. The van der Waals surface area contributed by atoms with Crippen LogP contribution < -0.4 is 0 Å². The predicted molar refractivity (Wildman–Crippen MR) is 97.8 cm³/mol. The van der Waals surface area contributed by atoms with Crippen molar-refractivity contribution in [3.8, 4) is 0 Å². The van der Waals surface area contributed by atoms with Crippen LogP contribution in [0.2, 0.25) is 0 Å². The molecule has 128 valence electrons. The molecule has 2 atom stereocenters. The summed E-state index contributed by atoms with van der Waals surface area (Å²) in [6.45, 7) is 1.48. The molecule has 25 heavy (non-hydrogen) atoms. The van der Waals surface area contributed by atoms with Crippen molar-refractivity contribution in [1.29, 1.82) is 0 Å². The molecule has 1 saturated heterocycles. The third-order valence-electron chi connectivity index (χ3n) is 5.94. The number of fused-ring (bicyclic) bond motifs is 2. The third-order valence-corrected chi connectivity index (χ3v) is 5.94. The van der Waals surface area contributed by atoms with E-state index in [1.807, 2.05) is 67.7 Å². The van der Waals surface area contributed by atoms with Crippen molar-refractivity contribution in [3.63, 3.8) is 0 Å². The van der Waals surface area contributed by atoms with E-state index in [0.29, 0.717) is 6.42 Å². The molecule has 2 bridgehead atoms. The molecule has 1 aliphatic carbocycles. The number of Topliss-reactive ketones (excluding diaryl/α,β-unsaturated/α-hetero) is 2. The maximum atomic E-state index is 13.3. The van der Waals surface area contributed by atoms with Gasteiger partial charge in [0.2, 0.25) is 0 Å². The van der Waals surface area contributed by atoms with Gasteiger partial charge in [-0.2, -0.15) is 0 Å². The minimum Gasteiger partial charge on any atom is -0.304 e. The second-order valence-electron chi connectivity index (χ2n) is 7.80. The van der Waals surface area contributed by atoms with Gasteiger partial charge in [0.15, 0.2) is 11.6 Å². The summed E-state index contributed by atoms with van der Waals surface area (Å²) in [6, 6.07) is 19.1. The van der Waals surface area contributed by atoms with Crippen LogP contribution in [0.1, 0.15) is 40.0 Å². The fourth-order valence-electron chi connectivity index (χ4n) is 4.98. The topological polar surface area (TPSA) is 37.4 Å². The fraction of sp³-hybridized carbons (Fsp3) is 0.364. The average molecular weight is 333 g/mol. The number of rotatable bonds is 4. The summed E-state index contributed by atoms with van der Waals surface area (Å²) >= 11 is 0. The van der Waals surface area contributed by atoms with Gasteiger partial charge in [-0.15, -0.1) is 0 Å². The number of hydrogen-bond acceptors (Lipinski definition) is 3. The van der Waals surface area contributed by atoms with E-state index in [4.69, 9.17) is 0 Å². The van der Waals surface area contributed by atoms with Crippen LogP contribution >= 0.6 is 0 Å². The highest BCUT2D eigenvalue weighted by atomic mass is 16.1. The summed E-state index contributed by atoms with van der Waals surface area (Å²) in [7, 11) is 2.03. The molecule has 2 fully saturated rings. The Morgan fingerprint density at radius 3 is 1.56 bits per heavy atom. The highest BCUT2D eigenvalue weighted by molar-refractivity contribution is 6.05. The second-order valence-corrected chi connectivity index (χ2v) is 7.80. The number of nitrogens with zero attached hydrogens (tertiary/aromatic N) is 1. The van der Waals surface area contributed by atoms with Crippen molar-refractivity contribution in [3.05, 3.63) is 71.8 Å². The molecule has 1 aliphatic heterocycles. The number of likely N-dealkylation sites (tertiary alicyclic amines) is 1. The zero-order valence-electron chi connectivity index (χ0n) is 14.6. The van der Waals surface area contributed by atoms with Gasteiger partial charge >= 0.3 is 0 Å². The molecule has 3 nitrogen and oxygen atoms in total. The lowest BCUT2D eigenvalue weighted by atomic mass is 9.69. The maximum absolute atomic E-state index is 13.3. The minimum absolute atomic E-state index is 0.197. The number of benzene rings is 2. The molecule has 0 N–H and O–H groups in total. The summed E-state index contributed by atoms with van der Waals surface area (Å²) in [4.78, 5) is 28.8. The molecule has 0 aromatic heterocycles. The molecule has 1 heterocycles. The van der Waals surface area contributed by atoms with Crippen LogP contribution in [0.5, 0.6) is 0 Å². The van der Waals surface area contributed by atoms with Gasteiger partial charge in [-0.3, -0.25) is 9.59 Å². The molecule has 2 aliphatic rings. The molecular formula is C22H23NO2. The van der Waals surface area contributed by atoms with Crippen molar-refractivity contribution < 1.29 is 9.59 Å². The first-order chi connectivity index (χ1) is 12.0. The van der Waals surface area contributed by atoms with Crippen molar-refractivity contribution in [2.45, 2.75) is 19.3 Å². The van der Waals surface area contributed by atoms with E-state index in [-0.39, 0.29) is 11.6 Å². The normalized spacial score (nSPS) is 28.7. The van der Waals surface area contributed by atoms with Gasteiger partial charge < -0.3 is 4.90 Å². The van der Waals surface area contributed by atoms with Crippen LogP contribution in [0.3, 0.4) is 0 Å². The molecule has 0 amide bonds. The van der Waals surface area contributed by atoms with Gasteiger partial charge in [-0.05, 0) is 26.3 Å². The Balaban J connectivity index is 1.69. The number of carbonyl (C=O) groups is 2. The van der Waals surface area contributed by atoms with Crippen molar-refractivity contribution in [2.24, 2.45) is 10.8 Å². The second kappa shape index (κ2) is 5.92. The van der Waals surface area contributed by atoms with Crippen molar-refractivity contribution >= 4 is 11.6 Å². The summed E-state index contributed by atoms with van der Waals surface area (Å²) in [5, 5.41) is 0. The summed E-state index contributed by atoms with van der Waals surface area (Å²) in [6.07, 6.45) is 2.26. The summed E-state index contributed by atoms with van der Waals surface area (Å²) < 4.78 is 0. The highest BCUT2D eigenvalue weighted by Crippen LogP contribution is 2.56. The van der Waals surface area contributed by atoms with Gasteiger partial charge in [-0.1, -0.05) is 60.7 Å². The fourth-order valence-corrected chi connectivity index (χ4v) is 4.98. The van der Waals surface area contributed by atoms with Crippen LogP contribution in [0, 0.1) is 10.8 Å². The lowest BCUT2D eigenvalue weighted by molar-refractivity contribution is 0.0410. The molecule has 2 aromatic carbocycles. The zero-order valence-corrected chi connectivity index (χ0v) is 14.6. The number of piperidine rings is 1. The monoisotopic (exact) mass is 333 g/mol. The van der Waals surface area contributed by atoms with Crippen LogP contribution in [0.25, 0.3) is 0 Å². The Labute approximate surface area is 148 Å². The number of hydrogen-bond donors (Lipinski definition) is 0. The first-order valence-corrected chi connectivity index (χ1v) is 8.93. The third kappa shape index (κ3) is 2.63. The van der Waals surface area contributed by atoms with Gasteiger partial charge in [0.1, 0.15) is 0 Å². The van der Waals surface area contributed by atoms with Gasteiger partial charge in [0.05, 0.1) is 0 Å². The van der Waals surface area contributed by atoms with Crippen molar-refractivity contribution in [2.75, 3.05) is 20.1 Å². The van der Waals surface area contributed by atoms with E-state index < -0.39 is 10.8 Å². The van der Waals surface area contributed by atoms with Crippen molar-refractivity contribution in [1.82, 2.24) is 4.90 Å². The Hall–Kier alpha value is -2.26. The Morgan fingerprint density at radius 1 is 0.760 bits per heavy atom. The molecule has 2 aromatic rings.